The molecule has 0 bridgehead atoms. The molecular formula is C14H14N4O2S. The molecule has 6 nitrogen and oxygen atoms in total. The third kappa shape index (κ3) is 4.28. The Morgan fingerprint density at radius 3 is 2.38 bits per heavy atom. The van der Waals surface area contributed by atoms with Crippen LogP contribution in [0.3, 0.4) is 0 Å². The number of hydrogen-bond donors (Lipinski definition) is 2. The number of anilines is 1. The SMILES string of the molecule is C[C@H](Sc1ncccn1)C(=O)Nc1ccc(C(N)=O)cc1. The van der Waals surface area contributed by atoms with Crippen molar-refractivity contribution in [3.8, 4) is 0 Å². The minimum absolute atomic E-state index is 0.167. The van der Waals surface area contributed by atoms with E-state index in [-0.39, 0.29) is 11.2 Å². The minimum atomic E-state index is -0.502. The van der Waals surface area contributed by atoms with Gasteiger partial charge in [0, 0.05) is 23.6 Å². The molecular weight excluding hydrogens is 288 g/mol. The first-order valence-electron chi connectivity index (χ1n) is 6.20. The predicted octanol–water partition coefficient (Wildman–Crippen LogP) is 1.69. The summed E-state index contributed by atoms with van der Waals surface area (Å²) in [7, 11) is 0. The highest BCUT2D eigenvalue weighted by Gasteiger charge is 2.15. The second kappa shape index (κ2) is 6.85. The first-order chi connectivity index (χ1) is 10.1. The topological polar surface area (TPSA) is 98.0 Å². The van der Waals surface area contributed by atoms with Gasteiger partial charge in [-0.05, 0) is 37.3 Å². The summed E-state index contributed by atoms with van der Waals surface area (Å²) in [6.45, 7) is 1.77. The van der Waals surface area contributed by atoms with Crippen molar-refractivity contribution < 1.29 is 9.59 Å². The van der Waals surface area contributed by atoms with Gasteiger partial charge in [0.2, 0.25) is 11.8 Å². The molecule has 0 fully saturated rings. The van der Waals surface area contributed by atoms with Gasteiger partial charge in [-0.2, -0.15) is 0 Å². The predicted molar refractivity (Wildman–Crippen MR) is 80.9 cm³/mol. The molecule has 108 valence electrons. The Morgan fingerprint density at radius 1 is 1.19 bits per heavy atom. The third-order valence-corrected chi connectivity index (χ3v) is 3.62. The van der Waals surface area contributed by atoms with Crippen LogP contribution in [-0.2, 0) is 4.79 Å². The standard InChI is InChI=1S/C14H14N4O2S/c1-9(21-14-16-7-2-8-17-14)13(20)18-11-5-3-10(4-6-11)12(15)19/h2-9H,1H3,(H2,15,19)(H,18,20)/t9-/m0/s1. The average molecular weight is 302 g/mol. The smallest absolute Gasteiger partial charge is 0.248 e. The largest absolute Gasteiger partial charge is 0.366 e. The Balaban J connectivity index is 1.95. The Morgan fingerprint density at radius 2 is 1.81 bits per heavy atom. The normalized spacial score (nSPS) is 11.7. The number of nitrogens with two attached hydrogens (primary N) is 1. The van der Waals surface area contributed by atoms with Crippen LogP contribution < -0.4 is 11.1 Å². The summed E-state index contributed by atoms with van der Waals surface area (Å²) in [4.78, 5) is 31.1. The fraction of sp³-hybridized carbons (Fsp3) is 0.143. The maximum absolute atomic E-state index is 12.1. The maximum atomic E-state index is 12.1. The number of primary amides is 1. The number of carbonyl (C=O) groups is 2. The molecule has 0 aliphatic heterocycles. The molecule has 1 heterocycles. The van der Waals surface area contributed by atoms with Crippen molar-refractivity contribution in [3.05, 3.63) is 48.3 Å². The zero-order valence-corrected chi connectivity index (χ0v) is 12.1. The number of nitrogens with one attached hydrogen (secondary N) is 1. The molecule has 1 atom stereocenters. The number of rotatable bonds is 5. The van der Waals surface area contributed by atoms with Gasteiger partial charge in [0.05, 0.1) is 5.25 Å². The molecule has 0 aliphatic rings. The lowest BCUT2D eigenvalue weighted by molar-refractivity contribution is -0.115. The number of benzene rings is 1. The fourth-order valence-electron chi connectivity index (χ4n) is 1.52. The number of thioether (sulfide) groups is 1. The fourth-order valence-corrected chi connectivity index (χ4v) is 2.25. The summed E-state index contributed by atoms with van der Waals surface area (Å²) in [6.07, 6.45) is 3.25. The number of amides is 2. The van der Waals surface area contributed by atoms with E-state index in [0.717, 1.165) is 0 Å². The molecule has 1 aromatic carbocycles. The highest BCUT2D eigenvalue weighted by molar-refractivity contribution is 8.00. The van der Waals surface area contributed by atoms with E-state index in [1.165, 1.54) is 11.8 Å². The van der Waals surface area contributed by atoms with E-state index in [9.17, 15) is 9.59 Å². The summed E-state index contributed by atoms with van der Waals surface area (Å²) in [6, 6.07) is 8.12. The summed E-state index contributed by atoms with van der Waals surface area (Å²) in [5, 5.41) is 2.96. The van der Waals surface area contributed by atoms with E-state index in [2.05, 4.69) is 15.3 Å². The maximum Gasteiger partial charge on any atom is 0.248 e. The van der Waals surface area contributed by atoms with E-state index in [0.29, 0.717) is 16.4 Å². The monoisotopic (exact) mass is 302 g/mol. The molecule has 2 rings (SSSR count). The molecule has 0 radical (unpaired) electrons. The number of hydrogen-bond acceptors (Lipinski definition) is 5. The molecule has 2 amide bonds. The average Bonchev–Trinajstić information content (AvgIpc) is 2.48. The van der Waals surface area contributed by atoms with E-state index < -0.39 is 5.91 Å². The molecule has 0 aliphatic carbocycles. The van der Waals surface area contributed by atoms with Crippen LogP contribution in [0.25, 0.3) is 0 Å². The molecule has 21 heavy (non-hydrogen) atoms. The van der Waals surface area contributed by atoms with Crippen molar-refractivity contribution in [2.45, 2.75) is 17.3 Å². The van der Waals surface area contributed by atoms with E-state index >= 15 is 0 Å². The van der Waals surface area contributed by atoms with Crippen LogP contribution in [0.2, 0.25) is 0 Å². The van der Waals surface area contributed by atoms with Gasteiger partial charge in [0.15, 0.2) is 5.16 Å². The zero-order chi connectivity index (χ0) is 15.2. The van der Waals surface area contributed by atoms with Crippen LogP contribution in [0, 0.1) is 0 Å². The molecule has 7 heteroatoms. The molecule has 0 unspecified atom stereocenters. The molecule has 0 saturated carbocycles. The van der Waals surface area contributed by atoms with Crippen molar-refractivity contribution >= 4 is 29.3 Å². The molecule has 0 spiro atoms. The highest BCUT2D eigenvalue weighted by Crippen LogP contribution is 2.20. The van der Waals surface area contributed by atoms with Crippen LogP contribution in [0.4, 0.5) is 5.69 Å². The summed E-state index contributed by atoms with van der Waals surface area (Å²) in [5.74, 6) is -0.669. The van der Waals surface area contributed by atoms with Gasteiger partial charge < -0.3 is 11.1 Å². The number of nitrogens with zero attached hydrogens (tertiary/aromatic N) is 2. The van der Waals surface area contributed by atoms with Crippen LogP contribution >= 0.6 is 11.8 Å². The van der Waals surface area contributed by atoms with Crippen molar-refractivity contribution in [3.63, 3.8) is 0 Å². The van der Waals surface area contributed by atoms with Crippen molar-refractivity contribution in [2.24, 2.45) is 5.73 Å². The van der Waals surface area contributed by atoms with Gasteiger partial charge in [-0.15, -0.1) is 0 Å². The summed E-state index contributed by atoms with van der Waals surface area (Å²) >= 11 is 1.27. The summed E-state index contributed by atoms with van der Waals surface area (Å²) < 4.78 is 0. The van der Waals surface area contributed by atoms with Crippen LogP contribution in [0.5, 0.6) is 0 Å². The Kier molecular flexibility index (Phi) is 4.89. The number of carbonyl (C=O) groups excluding carboxylic acids is 2. The number of aromatic nitrogens is 2. The van der Waals surface area contributed by atoms with E-state index in [4.69, 9.17) is 5.73 Å². The van der Waals surface area contributed by atoms with Gasteiger partial charge in [-0.25, -0.2) is 9.97 Å². The lowest BCUT2D eigenvalue weighted by Gasteiger charge is -2.11. The quantitative estimate of drug-likeness (QED) is 0.647. The van der Waals surface area contributed by atoms with Gasteiger partial charge in [-0.3, -0.25) is 9.59 Å². The van der Waals surface area contributed by atoms with Crippen LogP contribution in [0.15, 0.2) is 47.9 Å². The minimum Gasteiger partial charge on any atom is -0.366 e. The van der Waals surface area contributed by atoms with E-state index in [1.807, 2.05) is 0 Å². The molecule has 0 saturated heterocycles. The zero-order valence-electron chi connectivity index (χ0n) is 11.3. The highest BCUT2D eigenvalue weighted by atomic mass is 32.2. The second-order valence-electron chi connectivity index (χ2n) is 4.22. The van der Waals surface area contributed by atoms with Crippen LogP contribution in [0.1, 0.15) is 17.3 Å². The molecule has 2 aromatic rings. The van der Waals surface area contributed by atoms with Gasteiger partial charge >= 0.3 is 0 Å². The Labute approximate surface area is 126 Å². The lowest BCUT2D eigenvalue weighted by atomic mass is 10.2. The van der Waals surface area contributed by atoms with Crippen molar-refractivity contribution in [1.82, 2.24) is 9.97 Å². The van der Waals surface area contributed by atoms with E-state index in [1.54, 1.807) is 49.6 Å². The Bertz CT molecular complexity index is 631. The molecule has 3 N–H and O–H groups in total. The van der Waals surface area contributed by atoms with Crippen LogP contribution in [-0.4, -0.2) is 27.0 Å². The van der Waals surface area contributed by atoms with Gasteiger partial charge in [0.1, 0.15) is 0 Å². The molecule has 1 aromatic heterocycles. The van der Waals surface area contributed by atoms with Gasteiger partial charge in [0.25, 0.3) is 0 Å². The Hall–Kier alpha value is -2.41. The summed E-state index contributed by atoms with van der Waals surface area (Å²) in [5.41, 5.74) is 6.16. The first kappa shape index (κ1) is 15.0. The van der Waals surface area contributed by atoms with Crippen molar-refractivity contribution in [1.29, 1.82) is 0 Å². The lowest BCUT2D eigenvalue weighted by Crippen LogP contribution is -2.22. The third-order valence-electron chi connectivity index (χ3n) is 2.63. The van der Waals surface area contributed by atoms with Gasteiger partial charge in [-0.1, -0.05) is 11.8 Å². The second-order valence-corrected chi connectivity index (χ2v) is 5.53. The first-order valence-corrected chi connectivity index (χ1v) is 7.08. The van der Waals surface area contributed by atoms with Crippen molar-refractivity contribution in [2.75, 3.05) is 5.32 Å².